The normalized spacial score (nSPS) is 149. The molecule has 50 rings (SSSR count). The van der Waals surface area contributed by atoms with Crippen molar-refractivity contribution in [3.8, 4) is 0 Å². The van der Waals surface area contributed by atoms with Crippen LogP contribution in [0.25, 0.3) is 0 Å². The second-order valence-electron chi connectivity index (χ2n) is 43.8. The number of rotatable bonds is 0. The highest BCUT2D eigenvalue weighted by molar-refractivity contribution is 6.22. The molecule has 0 heterocycles. The van der Waals surface area contributed by atoms with Crippen LogP contribution in [0.2, 0.25) is 0 Å². The van der Waals surface area contributed by atoms with E-state index in [2.05, 4.69) is 0 Å². The number of fused-ring (bicyclic) bond motifs is 22. The molecule has 50 fully saturated rings. The summed E-state index contributed by atoms with van der Waals surface area (Å²) in [6.07, 6.45) is 7.52. The van der Waals surface area contributed by atoms with Gasteiger partial charge in [0.25, 0.3) is 0 Å². The number of hydrogen-bond acceptors (Lipinski definition) is 0. The average Bonchev–Trinajstić information content (AvgIpc) is 0.816. The molecular formula is C66H34. The first-order valence-electron chi connectivity index (χ1n) is 32.9. The van der Waals surface area contributed by atoms with Crippen molar-refractivity contribution in [1.29, 1.82) is 0 Å². The molecule has 0 nitrogen and oxygen atoms in total. The van der Waals surface area contributed by atoms with Gasteiger partial charge in [-0.25, -0.2) is 0 Å². The van der Waals surface area contributed by atoms with Crippen LogP contribution in [0.4, 0.5) is 0 Å². The molecule has 0 saturated heterocycles. The van der Waals surface area contributed by atoms with Crippen molar-refractivity contribution >= 4 is 0 Å². The van der Waals surface area contributed by atoms with E-state index < -0.39 is 0 Å². The Labute approximate surface area is 372 Å². The lowest BCUT2D eigenvalue weighted by atomic mass is 8.28. The fourth-order valence-electron chi connectivity index (χ4n) is 77.9. The molecule has 298 valence electrons. The Kier molecular flexibility index (Phi) is 0.958. The molecule has 0 amide bonds. The van der Waals surface area contributed by atoms with E-state index >= 15 is 0 Å². The highest BCUT2D eigenvalue weighted by Gasteiger charge is 3.78. The van der Waals surface area contributed by atoms with Crippen molar-refractivity contribution in [2.45, 2.75) is 25.7 Å². The summed E-state index contributed by atoms with van der Waals surface area (Å²) < 4.78 is 0. The first-order valence-corrected chi connectivity index (χ1v) is 32.9. The summed E-state index contributed by atoms with van der Waals surface area (Å²) in [4.78, 5) is 0. The van der Waals surface area contributed by atoms with Gasteiger partial charge in [0.1, 0.15) is 0 Å². The van der Waals surface area contributed by atoms with E-state index in [1.165, 1.54) is 165 Å². The average molecular weight is 827 g/mol. The summed E-state index contributed by atoms with van der Waals surface area (Å²) >= 11 is 0. The van der Waals surface area contributed by atoms with Gasteiger partial charge >= 0.3 is 0 Å². The standard InChI is InChI=1S/C66H34/c1-5-13-14-6-2-10-18-23-27-30-28-24-20-12-4-8-16-15-7-3-11-19-22-26-29-25-21-17-9(1)31(5)35(13)36(14)32(6,10)40(18)44(23)49(27)52(30)50(28)46(24)42(20)34(8,12)38(16)37(15)33(7,11)41(19)45(22)48(26)51(29)47(25)43(21)39(17,31)53(35)54(36,40)58(44)57(43,53)61(47)62(49,58)66(52)64(50)60(46)56(38,42)55(37,41)59(45,60)63(48,64)65(51,61)66/h5-30H,1-4H2. The Balaban J connectivity index is 0.736. The first kappa shape index (κ1) is 21.1. The highest BCUT2D eigenvalue weighted by Crippen LogP contribution is 3.78. The van der Waals surface area contributed by atoms with Crippen molar-refractivity contribution in [1.82, 2.24) is 0 Å². The molecular weight excluding hydrogens is 793 g/mol. The van der Waals surface area contributed by atoms with E-state index in [1.807, 2.05) is 25.7 Å². The molecule has 0 radical (unpaired) electrons. The zero-order valence-electron chi connectivity index (χ0n) is 35.8. The van der Waals surface area contributed by atoms with E-state index in [9.17, 15) is 0 Å². The minimum Gasteiger partial charge on any atom is -0.0458 e. The van der Waals surface area contributed by atoms with Crippen LogP contribution in [0.1, 0.15) is 25.7 Å². The molecule has 66 heavy (non-hydrogen) atoms. The third kappa shape index (κ3) is 0.406. The lowest BCUT2D eigenvalue weighted by molar-refractivity contribution is -1.30. The van der Waals surface area contributed by atoms with E-state index in [0.717, 1.165) is 184 Å². The van der Waals surface area contributed by atoms with Gasteiger partial charge in [-0.1, -0.05) is 0 Å². The Morgan fingerprint density at radius 1 is 0.136 bits per heavy atom. The summed E-state index contributed by atoms with van der Waals surface area (Å²) in [5.41, 5.74) is 41.2. The van der Waals surface area contributed by atoms with Gasteiger partial charge in [0.05, 0.1) is 0 Å². The van der Waals surface area contributed by atoms with Crippen molar-refractivity contribution in [2.24, 2.45) is 349 Å². The van der Waals surface area contributed by atoms with Gasteiger partial charge in [0.2, 0.25) is 0 Å². The van der Waals surface area contributed by atoms with Crippen LogP contribution in [-0.2, 0) is 0 Å². The van der Waals surface area contributed by atoms with Gasteiger partial charge in [-0.15, -0.1) is 0 Å². The Bertz CT molecular complexity index is 4310. The van der Waals surface area contributed by atoms with Crippen molar-refractivity contribution in [2.75, 3.05) is 0 Å². The topological polar surface area (TPSA) is 0 Å². The summed E-state index contributed by atoms with van der Waals surface area (Å²) in [6, 6.07) is 0. The van der Waals surface area contributed by atoms with Gasteiger partial charge in [-0.2, -0.15) is 0 Å². The molecule has 56 atom stereocenters. The molecule has 0 bridgehead atoms. The Hall–Kier alpha value is 0. The Morgan fingerprint density at radius 2 is 0.273 bits per heavy atom. The molecule has 0 aromatic carbocycles. The summed E-state index contributed by atoms with van der Waals surface area (Å²) in [5.74, 6) is 37.0. The Morgan fingerprint density at radius 3 is 0.485 bits per heavy atom. The van der Waals surface area contributed by atoms with Crippen LogP contribution >= 0.6 is 0 Å². The summed E-state index contributed by atoms with van der Waals surface area (Å²) in [7, 11) is 0. The molecule has 0 aliphatic heterocycles. The molecule has 0 aromatic rings. The predicted octanol–water partition coefficient (Wildman–Crippen LogP) is 4.76. The first-order chi connectivity index (χ1) is 32.9. The van der Waals surface area contributed by atoms with Crippen LogP contribution in [-0.4, -0.2) is 0 Å². The minimum atomic E-state index is 1.11. The zero-order valence-corrected chi connectivity index (χ0v) is 35.8. The third-order valence-electron chi connectivity index (χ3n) is 59.9. The van der Waals surface area contributed by atoms with E-state index in [-0.39, 0.29) is 0 Å². The molecule has 50 saturated carbocycles. The molecule has 36 spiro atoms. The minimum absolute atomic E-state index is 1.11. The maximum Gasteiger partial charge on any atom is -0.000370 e. The SMILES string of the molecule is C1C2C3C4C5CC6C7C8C9C%10C%11C%12C%13C%14CC%15C%16C%17C%18CC%19C%20C%21C%22C%23C%24C%25C%26C1C21C32C43C56C74C85C96C%107C%118C%129C%13%10C%15%14C%16%11C%17%12C%18%19C%20%13C%21%14C%22%15C%23%16C%24%17C%25%18C%261C21C34C52C%181C%171C62C72C83C94C%11%10C%12%13C%144C%153C%1612. The van der Waals surface area contributed by atoms with Gasteiger partial charge < -0.3 is 0 Å². The van der Waals surface area contributed by atoms with Crippen LogP contribution in [0.5, 0.6) is 0 Å². The van der Waals surface area contributed by atoms with Crippen molar-refractivity contribution in [3.63, 3.8) is 0 Å². The van der Waals surface area contributed by atoms with Crippen LogP contribution in [0, 0.1) is 349 Å². The molecule has 0 N–H and O–H groups in total. The van der Waals surface area contributed by atoms with Gasteiger partial charge in [-0.05, 0) is 374 Å². The molecule has 0 aromatic heterocycles. The van der Waals surface area contributed by atoms with E-state index in [1.54, 1.807) is 0 Å². The number of hydrogen-bond donors (Lipinski definition) is 0. The lowest BCUT2D eigenvalue weighted by Gasteiger charge is -3.74. The van der Waals surface area contributed by atoms with Crippen molar-refractivity contribution < 1.29 is 0 Å². The maximum absolute atomic E-state index is 1.88. The maximum atomic E-state index is 1.88. The fourth-order valence-corrected chi connectivity index (χ4v) is 77.9. The second kappa shape index (κ2) is 3.00. The van der Waals surface area contributed by atoms with E-state index in [0.29, 0.717) is 0 Å². The fraction of sp³-hybridized carbons (Fsp3) is 1.00. The summed E-state index contributed by atoms with van der Waals surface area (Å²) in [5, 5.41) is 0. The van der Waals surface area contributed by atoms with Gasteiger partial charge in [-0.3, -0.25) is 0 Å². The predicted molar refractivity (Wildman–Crippen MR) is 197 cm³/mol. The van der Waals surface area contributed by atoms with Crippen LogP contribution in [0.3, 0.4) is 0 Å². The third-order valence-corrected chi connectivity index (χ3v) is 59.9. The highest BCUT2D eigenvalue weighted by atomic mass is 15.8. The smallest absolute Gasteiger partial charge is 0.000370 e. The van der Waals surface area contributed by atoms with E-state index in [4.69, 9.17) is 0 Å². The molecule has 50 aliphatic rings. The van der Waals surface area contributed by atoms with Gasteiger partial charge in [0, 0.05) is 0 Å². The second-order valence-corrected chi connectivity index (χ2v) is 43.8. The largest absolute Gasteiger partial charge is 0.0458 e. The van der Waals surface area contributed by atoms with Crippen LogP contribution in [0.15, 0.2) is 0 Å². The molecule has 50 aliphatic carbocycles. The molecule has 56 unspecified atom stereocenters. The monoisotopic (exact) mass is 826 g/mol. The van der Waals surface area contributed by atoms with Gasteiger partial charge in [0.15, 0.2) is 0 Å². The lowest BCUT2D eigenvalue weighted by Crippen LogP contribution is -3.73. The molecule has 0 heteroatoms. The van der Waals surface area contributed by atoms with Crippen LogP contribution < -0.4 is 0 Å². The zero-order chi connectivity index (χ0) is 35.8. The van der Waals surface area contributed by atoms with Crippen molar-refractivity contribution in [3.05, 3.63) is 0 Å². The quantitative estimate of drug-likeness (QED) is 0.331. The summed E-state index contributed by atoms with van der Waals surface area (Å²) in [6.45, 7) is 0.